The summed E-state index contributed by atoms with van der Waals surface area (Å²) >= 11 is 5.28. The molecule has 0 fully saturated rings. The number of aromatic nitrogens is 4. The van der Waals surface area contributed by atoms with Crippen molar-refractivity contribution < 1.29 is 8.91 Å². The highest BCUT2D eigenvalue weighted by Crippen LogP contribution is 2.19. The standard InChI is InChI=1S/C13H13FN4OS/c1-7-5-11-10(6-9(7)14)16-13(20)18(11)4-3-12-15-8(2)19-17-12/h5-6H,3-4H2,1-2H3,(H,16,20). The lowest BCUT2D eigenvalue weighted by atomic mass is 10.2. The predicted octanol–water partition coefficient (Wildman–Crippen LogP) is 3.08. The molecular formula is C13H13FN4OS. The van der Waals surface area contributed by atoms with E-state index in [0.29, 0.717) is 40.5 Å². The fraction of sp³-hybridized carbons (Fsp3) is 0.308. The van der Waals surface area contributed by atoms with Gasteiger partial charge in [-0.3, -0.25) is 0 Å². The Bertz CT molecular complexity index is 833. The van der Waals surface area contributed by atoms with E-state index >= 15 is 0 Å². The van der Waals surface area contributed by atoms with Crippen molar-refractivity contribution in [3.8, 4) is 0 Å². The molecule has 0 saturated heterocycles. The molecular weight excluding hydrogens is 279 g/mol. The first-order valence-corrected chi connectivity index (χ1v) is 6.63. The van der Waals surface area contributed by atoms with Gasteiger partial charge in [0.2, 0.25) is 5.89 Å². The fourth-order valence-corrected chi connectivity index (χ4v) is 2.46. The third-order valence-electron chi connectivity index (χ3n) is 3.18. The first-order valence-electron chi connectivity index (χ1n) is 6.22. The zero-order chi connectivity index (χ0) is 14.3. The van der Waals surface area contributed by atoms with E-state index in [9.17, 15) is 4.39 Å². The molecule has 0 amide bonds. The van der Waals surface area contributed by atoms with Gasteiger partial charge in [-0.2, -0.15) is 4.98 Å². The molecule has 0 aliphatic carbocycles. The minimum atomic E-state index is -0.241. The number of fused-ring (bicyclic) bond motifs is 1. The predicted molar refractivity (Wildman–Crippen MR) is 74.6 cm³/mol. The molecule has 0 atom stereocenters. The first-order chi connectivity index (χ1) is 9.54. The first kappa shape index (κ1) is 13.0. The molecule has 3 aromatic rings. The minimum absolute atomic E-state index is 0.241. The summed E-state index contributed by atoms with van der Waals surface area (Å²) < 4.78 is 21.0. The monoisotopic (exact) mass is 292 g/mol. The van der Waals surface area contributed by atoms with E-state index in [1.165, 1.54) is 6.07 Å². The molecule has 1 N–H and O–H groups in total. The maximum Gasteiger partial charge on any atom is 0.223 e. The Morgan fingerprint density at radius 3 is 2.90 bits per heavy atom. The van der Waals surface area contributed by atoms with E-state index in [0.717, 1.165) is 5.52 Å². The zero-order valence-electron chi connectivity index (χ0n) is 11.1. The number of H-pyrrole nitrogens is 1. The summed E-state index contributed by atoms with van der Waals surface area (Å²) in [6, 6.07) is 3.26. The van der Waals surface area contributed by atoms with Crippen LogP contribution in [0.5, 0.6) is 0 Å². The molecule has 2 aromatic heterocycles. The molecule has 0 saturated carbocycles. The summed E-state index contributed by atoms with van der Waals surface area (Å²) in [5.41, 5.74) is 2.17. The molecule has 0 spiro atoms. The average molecular weight is 292 g/mol. The second-order valence-electron chi connectivity index (χ2n) is 4.68. The number of benzene rings is 1. The number of hydrogen-bond donors (Lipinski definition) is 1. The van der Waals surface area contributed by atoms with Crippen LogP contribution in [0.1, 0.15) is 17.3 Å². The second-order valence-corrected chi connectivity index (χ2v) is 5.07. The summed E-state index contributed by atoms with van der Waals surface area (Å²) in [6.45, 7) is 4.10. The van der Waals surface area contributed by atoms with Crippen LogP contribution in [0.25, 0.3) is 11.0 Å². The highest BCUT2D eigenvalue weighted by atomic mass is 32.1. The number of nitrogens with zero attached hydrogens (tertiary/aromatic N) is 3. The lowest BCUT2D eigenvalue weighted by molar-refractivity contribution is 0.386. The smallest absolute Gasteiger partial charge is 0.223 e. The van der Waals surface area contributed by atoms with Gasteiger partial charge in [0.15, 0.2) is 10.6 Å². The van der Waals surface area contributed by atoms with Crippen molar-refractivity contribution in [2.24, 2.45) is 0 Å². The van der Waals surface area contributed by atoms with Crippen LogP contribution in [0.4, 0.5) is 4.39 Å². The van der Waals surface area contributed by atoms with Gasteiger partial charge in [0.1, 0.15) is 5.82 Å². The van der Waals surface area contributed by atoms with Crippen LogP contribution in [0, 0.1) is 24.4 Å². The number of hydrogen-bond acceptors (Lipinski definition) is 4. The molecule has 0 unspecified atom stereocenters. The molecule has 5 nitrogen and oxygen atoms in total. The van der Waals surface area contributed by atoms with Gasteiger partial charge in [0, 0.05) is 19.9 Å². The molecule has 0 aliphatic rings. The average Bonchev–Trinajstić information content (AvgIpc) is 2.92. The van der Waals surface area contributed by atoms with Crippen molar-refractivity contribution >= 4 is 23.3 Å². The Labute approximate surface area is 119 Å². The Kier molecular flexibility index (Phi) is 3.13. The summed E-state index contributed by atoms with van der Waals surface area (Å²) in [6.07, 6.45) is 0.606. The van der Waals surface area contributed by atoms with E-state index in [1.54, 1.807) is 19.9 Å². The van der Waals surface area contributed by atoms with Gasteiger partial charge < -0.3 is 14.1 Å². The topological polar surface area (TPSA) is 59.6 Å². The van der Waals surface area contributed by atoms with Crippen LogP contribution < -0.4 is 0 Å². The summed E-state index contributed by atoms with van der Waals surface area (Å²) in [4.78, 5) is 7.17. The number of aromatic amines is 1. The maximum absolute atomic E-state index is 13.5. The van der Waals surface area contributed by atoms with E-state index in [4.69, 9.17) is 16.7 Å². The van der Waals surface area contributed by atoms with Crippen LogP contribution in [-0.2, 0) is 13.0 Å². The molecule has 1 aromatic carbocycles. The lowest BCUT2D eigenvalue weighted by Gasteiger charge is -2.03. The van der Waals surface area contributed by atoms with E-state index in [1.807, 2.05) is 4.57 Å². The van der Waals surface area contributed by atoms with Crippen LogP contribution in [0.3, 0.4) is 0 Å². The molecule has 0 aliphatic heterocycles. The Morgan fingerprint density at radius 2 is 2.20 bits per heavy atom. The summed E-state index contributed by atoms with van der Waals surface area (Å²) in [5, 5.41) is 3.85. The summed E-state index contributed by atoms with van der Waals surface area (Å²) in [5.74, 6) is 0.938. The molecule has 0 bridgehead atoms. The van der Waals surface area contributed by atoms with Gasteiger partial charge in [-0.25, -0.2) is 4.39 Å². The van der Waals surface area contributed by atoms with Crippen molar-refractivity contribution in [2.45, 2.75) is 26.8 Å². The van der Waals surface area contributed by atoms with Gasteiger partial charge in [0.05, 0.1) is 11.0 Å². The van der Waals surface area contributed by atoms with Crippen LogP contribution in [0.2, 0.25) is 0 Å². The third-order valence-corrected chi connectivity index (χ3v) is 3.51. The van der Waals surface area contributed by atoms with Crippen molar-refractivity contribution in [1.29, 1.82) is 0 Å². The largest absolute Gasteiger partial charge is 0.340 e. The Morgan fingerprint density at radius 1 is 1.40 bits per heavy atom. The maximum atomic E-state index is 13.5. The molecule has 2 heterocycles. The fourth-order valence-electron chi connectivity index (χ4n) is 2.16. The second kappa shape index (κ2) is 4.82. The highest BCUT2D eigenvalue weighted by Gasteiger charge is 2.09. The lowest BCUT2D eigenvalue weighted by Crippen LogP contribution is -2.03. The van der Waals surface area contributed by atoms with Crippen LogP contribution in [0.15, 0.2) is 16.7 Å². The highest BCUT2D eigenvalue weighted by molar-refractivity contribution is 7.71. The van der Waals surface area contributed by atoms with E-state index in [-0.39, 0.29) is 5.82 Å². The number of rotatable bonds is 3. The van der Waals surface area contributed by atoms with Gasteiger partial charge >= 0.3 is 0 Å². The molecule has 7 heteroatoms. The SMILES string of the molecule is Cc1nc(CCn2c(=S)[nH]c3cc(F)c(C)cc32)no1. The number of nitrogens with one attached hydrogen (secondary N) is 1. The molecule has 20 heavy (non-hydrogen) atoms. The van der Waals surface area contributed by atoms with Crippen LogP contribution in [-0.4, -0.2) is 19.7 Å². The summed E-state index contributed by atoms with van der Waals surface area (Å²) in [7, 11) is 0. The molecule has 104 valence electrons. The minimum Gasteiger partial charge on any atom is -0.340 e. The molecule has 0 radical (unpaired) electrons. The number of imidazole rings is 1. The normalized spacial score (nSPS) is 11.3. The van der Waals surface area contributed by atoms with Gasteiger partial charge in [-0.15, -0.1) is 0 Å². The Hall–Kier alpha value is -2.02. The zero-order valence-corrected chi connectivity index (χ0v) is 11.9. The van der Waals surface area contributed by atoms with E-state index < -0.39 is 0 Å². The van der Waals surface area contributed by atoms with Crippen molar-refractivity contribution in [3.63, 3.8) is 0 Å². The third kappa shape index (κ3) is 2.24. The van der Waals surface area contributed by atoms with E-state index in [2.05, 4.69) is 15.1 Å². The van der Waals surface area contributed by atoms with Crippen molar-refractivity contribution in [1.82, 2.24) is 19.7 Å². The van der Waals surface area contributed by atoms with Crippen molar-refractivity contribution in [2.75, 3.05) is 0 Å². The van der Waals surface area contributed by atoms with Crippen LogP contribution >= 0.6 is 12.2 Å². The van der Waals surface area contributed by atoms with Gasteiger partial charge in [0.25, 0.3) is 0 Å². The number of aryl methyl sites for hydroxylation is 4. The van der Waals surface area contributed by atoms with Gasteiger partial charge in [-0.1, -0.05) is 5.16 Å². The Balaban J connectivity index is 1.96. The van der Waals surface area contributed by atoms with Gasteiger partial charge in [-0.05, 0) is 36.8 Å². The van der Waals surface area contributed by atoms with Crippen molar-refractivity contribution in [3.05, 3.63) is 40.0 Å². The number of halogens is 1. The quantitative estimate of drug-likeness (QED) is 0.754. The molecule has 3 rings (SSSR count).